The van der Waals surface area contributed by atoms with E-state index in [2.05, 4.69) is 18.5 Å². The fourth-order valence-corrected chi connectivity index (χ4v) is 1.86. The van der Waals surface area contributed by atoms with Crippen LogP contribution in [0, 0.1) is 0 Å². The molecule has 14 heavy (non-hydrogen) atoms. The topological polar surface area (TPSA) is 25.2 Å². The zero-order valence-corrected chi connectivity index (χ0v) is 9.77. The first-order chi connectivity index (χ1) is 6.88. The second kappa shape index (κ2) is 6.96. The fourth-order valence-electron chi connectivity index (χ4n) is 1.43. The van der Waals surface area contributed by atoms with Gasteiger partial charge in [-0.15, -0.1) is 0 Å². The molecule has 1 atom stereocenters. The Hall–Kier alpha value is -0.410. The summed E-state index contributed by atoms with van der Waals surface area (Å²) in [6, 6.07) is 4.36. The molecule has 2 nitrogen and oxygen atoms in total. The lowest BCUT2D eigenvalue weighted by molar-refractivity contribution is 0.405. The van der Waals surface area contributed by atoms with Crippen LogP contribution in [0.25, 0.3) is 0 Å². The summed E-state index contributed by atoms with van der Waals surface area (Å²) in [6.07, 6.45) is 6.18. The second-order valence-corrected chi connectivity index (χ2v) is 4.26. The fraction of sp³-hybridized carbons (Fsp3) is 0.636. The van der Waals surface area contributed by atoms with Crippen LogP contribution in [0.3, 0.4) is 0 Å². The number of nitrogens with one attached hydrogen (secondary N) is 1. The average Bonchev–Trinajstić information content (AvgIpc) is 2.71. The van der Waals surface area contributed by atoms with E-state index in [1.54, 1.807) is 6.26 Å². The molecule has 1 rings (SSSR count). The summed E-state index contributed by atoms with van der Waals surface area (Å²) in [6.45, 7) is 3.24. The number of rotatable bonds is 7. The van der Waals surface area contributed by atoms with Gasteiger partial charge in [0.2, 0.25) is 0 Å². The highest BCUT2D eigenvalue weighted by Crippen LogP contribution is 2.16. The lowest BCUT2D eigenvalue weighted by atomic mass is 10.1. The normalized spacial score (nSPS) is 13.0. The van der Waals surface area contributed by atoms with Crippen molar-refractivity contribution in [1.82, 2.24) is 5.32 Å². The maximum atomic E-state index is 5.38. The molecule has 0 aliphatic heterocycles. The van der Waals surface area contributed by atoms with Crippen molar-refractivity contribution in [3.05, 3.63) is 24.2 Å². The molecule has 0 amide bonds. The maximum Gasteiger partial charge on any atom is 0.120 e. The van der Waals surface area contributed by atoms with E-state index in [0.717, 1.165) is 18.7 Å². The number of hydrogen-bond acceptors (Lipinski definition) is 3. The minimum absolute atomic E-state index is 0.381. The van der Waals surface area contributed by atoms with Crippen LogP contribution in [0.4, 0.5) is 0 Å². The molecule has 0 aliphatic rings. The molecule has 0 aliphatic carbocycles. The third kappa shape index (κ3) is 3.76. The zero-order valence-electron chi connectivity index (χ0n) is 8.95. The van der Waals surface area contributed by atoms with Gasteiger partial charge in [-0.2, -0.15) is 11.8 Å². The number of thioether (sulfide) groups is 1. The van der Waals surface area contributed by atoms with Gasteiger partial charge in [-0.05, 0) is 43.5 Å². The largest absolute Gasteiger partial charge is 0.468 e. The van der Waals surface area contributed by atoms with E-state index in [1.165, 1.54) is 12.2 Å². The molecule has 80 valence electrons. The van der Waals surface area contributed by atoms with Crippen molar-refractivity contribution in [3.63, 3.8) is 0 Å². The van der Waals surface area contributed by atoms with Crippen LogP contribution in [0.1, 0.15) is 31.6 Å². The van der Waals surface area contributed by atoms with E-state index in [-0.39, 0.29) is 0 Å². The van der Waals surface area contributed by atoms with Crippen molar-refractivity contribution in [1.29, 1.82) is 0 Å². The van der Waals surface area contributed by atoms with Crippen LogP contribution in [-0.4, -0.2) is 18.6 Å². The molecule has 1 aromatic rings. The summed E-state index contributed by atoms with van der Waals surface area (Å²) in [7, 11) is 0. The standard InChI is InChI=1S/C11H19NOS/c1-3-10(11-6-4-8-13-11)12-7-5-9-14-2/h4,6,8,10,12H,3,5,7,9H2,1-2H3. The van der Waals surface area contributed by atoms with Gasteiger partial charge in [-0.25, -0.2) is 0 Å². The molecule has 1 unspecified atom stereocenters. The van der Waals surface area contributed by atoms with Crippen LogP contribution in [0.5, 0.6) is 0 Å². The van der Waals surface area contributed by atoms with Crippen LogP contribution >= 0.6 is 11.8 Å². The van der Waals surface area contributed by atoms with Gasteiger partial charge >= 0.3 is 0 Å². The zero-order chi connectivity index (χ0) is 10.2. The predicted molar refractivity (Wildman–Crippen MR) is 62.7 cm³/mol. The van der Waals surface area contributed by atoms with Gasteiger partial charge in [0.25, 0.3) is 0 Å². The summed E-state index contributed by atoms with van der Waals surface area (Å²) < 4.78 is 5.38. The average molecular weight is 213 g/mol. The molecule has 1 aromatic heterocycles. The lowest BCUT2D eigenvalue weighted by Gasteiger charge is -2.13. The molecule has 0 radical (unpaired) electrons. The van der Waals surface area contributed by atoms with Crippen molar-refractivity contribution in [2.45, 2.75) is 25.8 Å². The van der Waals surface area contributed by atoms with Gasteiger partial charge in [0.05, 0.1) is 12.3 Å². The highest BCUT2D eigenvalue weighted by atomic mass is 32.2. The predicted octanol–water partition coefficient (Wildman–Crippen LogP) is 3.07. The Morgan fingerprint density at radius 3 is 3.00 bits per heavy atom. The summed E-state index contributed by atoms with van der Waals surface area (Å²) in [5.41, 5.74) is 0. The Labute approximate surface area is 90.5 Å². The SMILES string of the molecule is CCC(NCCCSC)c1ccco1. The van der Waals surface area contributed by atoms with E-state index < -0.39 is 0 Å². The summed E-state index contributed by atoms with van der Waals surface area (Å²) in [5.74, 6) is 2.28. The highest BCUT2D eigenvalue weighted by Gasteiger charge is 2.09. The smallest absolute Gasteiger partial charge is 0.120 e. The second-order valence-electron chi connectivity index (χ2n) is 3.28. The highest BCUT2D eigenvalue weighted by molar-refractivity contribution is 7.98. The molecule has 0 spiro atoms. The van der Waals surface area contributed by atoms with Crippen molar-refractivity contribution in [2.75, 3.05) is 18.6 Å². The van der Waals surface area contributed by atoms with Gasteiger partial charge in [-0.1, -0.05) is 6.92 Å². The van der Waals surface area contributed by atoms with Crippen LogP contribution in [-0.2, 0) is 0 Å². The molecular formula is C11H19NOS. The molecule has 1 N–H and O–H groups in total. The first-order valence-electron chi connectivity index (χ1n) is 5.14. The Kier molecular flexibility index (Phi) is 5.80. The monoisotopic (exact) mass is 213 g/mol. The van der Waals surface area contributed by atoms with Crippen LogP contribution in [0.15, 0.2) is 22.8 Å². The summed E-state index contributed by atoms with van der Waals surface area (Å²) in [5, 5.41) is 3.50. The van der Waals surface area contributed by atoms with E-state index in [1.807, 2.05) is 23.9 Å². The van der Waals surface area contributed by atoms with Crippen molar-refractivity contribution >= 4 is 11.8 Å². The van der Waals surface area contributed by atoms with Crippen molar-refractivity contribution in [2.24, 2.45) is 0 Å². The van der Waals surface area contributed by atoms with Crippen LogP contribution in [0.2, 0.25) is 0 Å². The first kappa shape index (κ1) is 11.7. The van der Waals surface area contributed by atoms with Gasteiger partial charge in [0.15, 0.2) is 0 Å². The van der Waals surface area contributed by atoms with E-state index in [9.17, 15) is 0 Å². The van der Waals surface area contributed by atoms with Gasteiger partial charge < -0.3 is 9.73 Å². The third-order valence-corrected chi connectivity index (χ3v) is 2.91. The van der Waals surface area contributed by atoms with E-state index in [0.29, 0.717) is 6.04 Å². The van der Waals surface area contributed by atoms with Gasteiger partial charge in [-0.3, -0.25) is 0 Å². The molecule has 1 heterocycles. The Bertz CT molecular complexity index is 223. The van der Waals surface area contributed by atoms with Crippen molar-refractivity contribution in [3.8, 4) is 0 Å². The van der Waals surface area contributed by atoms with E-state index >= 15 is 0 Å². The van der Waals surface area contributed by atoms with E-state index in [4.69, 9.17) is 4.42 Å². The Morgan fingerprint density at radius 2 is 2.43 bits per heavy atom. The summed E-state index contributed by atoms with van der Waals surface area (Å²) >= 11 is 1.89. The van der Waals surface area contributed by atoms with Crippen molar-refractivity contribution < 1.29 is 4.42 Å². The summed E-state index contributed by atoms with van der Waals surface area (Å²) in [4.78, 5) is 0. The lowest BCUT2D eigenvalue weighted by Crippen LogP contribution is -2.21. The number of furan rings is 1. The van der Waals surface area contributed by atoms with Gasteiger partial charge in [0, 0.05) is 0 Å². The maximum absolute atomic E-state index is 5.38. The molecular weight excluding hydrogens is 194 g/mol. The molecule has 0 fully saturated rings. The quantitative estimate of drug-likeness (QED) is 0.705. The Morgan fingerprint density at radius 1 is 1.57 bits per heavy atom. The van der Waals surface area contributed by atoms with Crippen LogP contribution < -0.4 is 5.32 Å². The molecule has 0 aromatic carbocycles. The minimum atomic E-state index is 0.381. The molecule has 0 saturated carbocycles. The molecule has 0 bridgehead atoms. The molecule has 0 saturated heterocycles. The minimum Gasteiger partial charge on any atom is -0.468 e. The third-order valence-electron chi connectivity index (χ3n) is 2.21. The number of hydrogen-bond donors (Lipinski definition) is 1. The first-order valence-corrected chi connectivity index (χ1v) is 6.53. The molecule has 3 heteroatoms. The Balaban J connectivity index is 2.26. The van der Waals surface area contributed by atoms with Gasteiger partial charge in [0.1, 0.15) is 5.76 Å².